The number of rotatable bonds is 6. The number of phenols is 1. The molecule has 1 atom stereocenters. The molecule has 1 saturated heterocycles. The first kappa shape index (κ1) is 24.2. The van der Waals surface area contributed by atoms with E-state index in [-0.39, 0.29) is 22.6 Å². The Hall–Kier alpha value is -4.93. The molecule has 4 rings (SSSR count). The molecule has 36 heavy (non-hydrogen) atoms. The predicted octanol–water partition coefficient (Wildman–Crippen LogP) is 4.08. The average molecular weight is 494 g/mol. The molecule has 1 aliphatic rings. The number of ether oxygens (including phenoxy) is 2. The lowest BCUT2D eigenvalue weighted by molar-refractivity contribution is -0.385. The lowest BCUT2D eigenvalue weighted by Gasteiger charge is -2.25. The van der Waals surface area contributed by atoms with Crippen molar-refractivity contribution in [3.8, 4) is 17.2 Å². The van der Waals surface area contributed by atoms with Crippen molar-refractivity contribution in [3.63, 3.8) is 0 Å². The zero-order valence-electron chi connectivity index (χ0n) is 19.0. The third-order valence-electron chi connectivity index (χ3n) is 5.71. The first-order valence-electron chi connectivity index (χ1n) is 10.4. The highest BCUT2D eigenvalue weighted by atomic mass is 19.1. The Morgan fingerprint density at radius 2 is 1.81 bits per heavy atom. The highest BCUT2D eigenvalue weighted by Gasteiger charge is 2.47. The summed E-state index contributed by atoms with van der Waals surface area (Å²) in [4.78, 5) is 37.9. The lowest BCUT2D eigenvalue weighted by atomic mass is 9.94. The zero-order chi connectivity index (χ0) is 26.1. The second-order valence-corrected chi connectivity index (χ2v) is 7.72. The van der Waals surface area contributed by atoms with Gasteiger partial charge in [-0.2, -0.15) is 0 Å². The second-order valence-electron chi connectivity index (χ2n) is 7.72. The van der Waals surface area contributed by atoms with Crippen molar-refractivity contribution in [2.75, 3.05) is 19.1 Å². The molecule has 10 nitrogen and oxygen atoms in total. The highest BCUT2D eigenvalue weighted by molar-refractivity contribution is 6.51. The molecule has 1 unspecified atom stereocenters. The van der Waals surface area contributed by atoms with Crippen LogP contribution in [0.25, 0.3) is 5.76 Å². The van der Waals surface area contributed by atoms with Gasteiger partial charge in [0.15, 0.2) is 5.75 Å². The van der Waals surface area contributed by atoms with Crippen LogP contribution in [0.1, 0.15) is 17.2 Å². The number of ketones is 1. The summed E-state index contributed by atoms with van der Waals surface area (Å²) in [7, 11) is 2.76. The number of anilines is 1. The minimum atomic E-state index is -1.39. The number of amides is 1. The van der Waals surface area contributed by atoms with Gasteiger partial charge in [-0.15, -0.1) is 0 Å². The Kier molecular flexibility index (Phi) is 6.30. The van der Waals surface area contributed by atoms with Gasteiger partial charge in [0, 0.05) is 17.8 Å². The number of aromatic hydroxyl groups is 1. The van der Waals surface area contributed by atoms with Gasteiger partial charge >= 0.3 is 5.69 Å². The summed E-state index contributed by atoms with van der Waals surface area (Å²) >= 11 is 0. The van der Waals surface area contributed by atoms with E-state index in [0.717, 1.165) is 29.2 Å². The van der Waals surface area contributed by atoms with Crippen LogP contribution >= 0.6 is 0 Å². The summed E-state index contributed by atoms with van der Waals surface area (Å²) in [5.74, 6) is -3.61. The summed E-state index contributed by atoms with van der Waals surface area (Å²) in [5, 5.41) is 32.6. The maximum Gasteiger partial charge on any atom is 0.311 e. The van der Waals surface area contributed by atoms with E-state index >= 15 is 0 Å². The van der Waals surface area contributed by atoms with Crippen molar-refractivity contribution >= 4 is 28.8 Å². The van der Waals surface area contributed by atoms with Gasteiger partial charge in [0.2, 0.25) is 0 Å². The van der Waals surface area contributed by atoms with Crippen molar-refractivity contribution in [1.82, 2.24) is 0 Å². The topological polar surface area (TPSA) is 139 Å². The number of aliphatic hydroxyl groups excluding tert-OH is 1. The van der Waals surface area contributed by atoms with Crippen molar-refractivity contribution < 1.29 is 38.6 Å². The predicted molar refractivity (Wildman–Crippen MR) is 125 cm³/mol. The molecule has 3 aromatic carbocycles. The van der Waals surface area contributed by atoms with Crippen LogP contribution in [-0.2, 0) is 9.59 Å². The Morgan fingerprint density at radius 3 is 2.44 bits per heavy atom. The number of hydrogen-bond acceptors (Lipinski definition) is 8. The van der Waals surface area contributed by atoms with Gasteiger partial charge in [-0.1, -0.05) is 12.1 Å². The van der Waals surface area contributed by atoms with Crippen LogP contribution in [0.2, 0.25) is 0 Å². The molecule has 184 valence electrons. The standard InChI is InChI=1S/C25H19FN2O8/c1-35-16-7-8-17(20(12-16)36-2)23(30)21-22(13-6-9-19(29)18(10-13)28(33)34)27(25(32)24(21)31)15-5-3-4-14(26)11-15/h3-12,22,29-30H,1-2H3/b23-21-. The fourth-order valence-electron chi connectivity index (χ4n) is 4.04. The van der Waals surface area contributed by atoms with Crippen LogP contribution in [0.4, 0.5) is 15.8 Å². The quantitative estimate of drug-likeness (QED) is 0.172. The maximum absolute atomic E-state index is 14.1. The summed E-state index contributed by atoms with van der Waals surface area (Å²) < 4.78 is 24.5. The first-order chi connectivity index (χ1) is 17.2. The van der Waals surface area contributed by atoms with Gasteiger partial charge in [0.1, 0.15) is 23.1 Å². The van der Waals surface area contributed by atoms with E-state index in [1.807, 2.05) is 0 Å². The molecular formula is C25H19FN2O8. The van der Waals surface area contributed by atoms with Crippen LogP contribution in [0.5, 0.6) is 17.2 Å². The molecule has 1 heterocycles. The van der Waals surface area contributed by atoms with Gasteiger partial charge in [-0.3, -0.25) is 24.6 Å². The van der Waals surface area contributed by atoms with Gasteiger partial charge in [-0.25, -0.2) is 4.39 Å². The van der Waals surface area contributed by atoms with Crippen LogP contribution in [-0.4, -0.2) is 41.0 Å². The second kappa shape index (κ2) is 9.37. The number of carbonyl (C=O) groups is 2. The third kappa shape index (κ3) is 4.06. The summed E-state index contributed by atoms with van der Waals surface area (Å²) in [6, 6.07) is 11.1. The number of benzene rings is 3. The number of nitrogens with zero attached hydrogens (tertiary/aromatic N) is 2. The fraction of sp³-hybridized carbons (Fsp3) is 0.120. The highest BCUT2D eigenvalue weighted by Crippen LogP contribution is 2.45. The molecule has 0 saturated carbocycles. The molecule has 0 spiro atoms. The molecule has 0 radical (unpaired) electrons. The molecule has 0 bridgehead atoms. The van der Waals surface area contributed by atoms with E-state index in [2.05, 4.69) is 0 Å². The molecule has 1 aliphatic heterocycles. The Morgan fingerprint density at radius 1 is 1.06 bits per heavy atom. The van der Waals surface area contributed by atoms with Crippen molar-refractivity contribution in [2.45, 2.75) is 6.04 Å². The number of nitro benzene ring substituents is 1. The van der Waals surface area contributed by atoms with E-state index in [1.54, 1.807) is 0 Å². The Bertz CT molecular complexity index is 1440. The SMILES string of the molecule is COc1ccc(/C(O)=C2/C(=O)C(=O)N(c3cccc(F)c3)C2c2ccc(O)c([N+](=O)[O-])c2)c(OC)c1. The van der Waals surface area contributed by atoms with E-state index in [1.165, 1.54) is 50.6 Å². The number of nitro groups is 1. The van der Waals surface area contributed by atoms with Crippen LogP contribution in [0.15, 0.2) is 66.2 Å². The summed E-state index contributed by atoms with van der Waals surface area (Å²) in [6.45, 7) is 0. The van der Waals surface area contributed by atoms with Gasteiger partial charge in [0.25, 0.3) is 11.7 Å². The molecule has 2 N–H and O–H groups in total. The van der Waals surface area contributed by atoms with Crippen molar-refractivity contribution in [2.24, 2.45) is 0 Å². The maximum atomic E-state index is 14.1. The monoisotopic (exact) mass is 494 g/mol. The van der Waals surface area contributed by atoms with Crippen molar-refractivity contribution in [1.29, 1.82) is 0 Å². The number of aliphatic hydroxyl groups is 1. The van der Waals surface area contributed by atoms with Crippen LogP contribution in [0.3, 0.4) is 0 Å². The number of phenolic OH excluding ortho intramolecular Hbond substituents is 1. The van der Waals surface area contributed by atoms with E-state index in [0.29, 0.717) is 5.75 Å². The van der Waals surface area contributed by atoms with Crippen molar-refractivity contribution in [3.05, 3.63) is 93.3 Å². The fourth-order valence-corrected chi connectivity index (χ4v) is 4.04. The number of halogens is 1. The van der Waals surface area contributed by atoms with Gasteiger partial charge < -0.3 is 19.7 Å². The summed E-state index contributed by atoms with van der Waals surface area (Å²) in [5.41, 5.74) is -1.03. The average Bonchev–Trinajstić information content (AvgIpc) is 3.13. The molecule has 1 amide bonds. The number of carbonyl (C=O) groups excluding carboxylic acids is 2. The summed E-state index contributed by atoms with van der Waals surface area (Å²) in [6.07, 6.45) is 0. The third-order valence-corrected chi connectivity index (χ3v) is 5.71. The normalized spacial score (nSPS) is 16.8. The van der Waals surface area contributed by atoms with Gasteiger partial charge in [0.05, 0.1) is 36.3 Å². The first-order valence-corrected chi connectivity index (χ1v) is 10.4. The minimum Gasteiger partial charge on any atom is -0.507 e. The van der Waals surface area contributed by atoms with E-state index in [4.69, 9.17) is 9.47 Å². The van der Waals surface area contributed by atoms with Crippen LogP contribution in [0, 0.1) is 15.9 Å². The molecule has 3 aromatic rings. The van der Waals surface area contributed by atoms with E-state index < -0.39 is 51.2 Å². The molecule has 11 heteroatoms. The van der Waals surface area contributed by atoms with E-state index in [9.17, 15) is 34.3 Å². The smallest absolute Gasteiger partial charge is 0.311 e. The number of methoxy groups -OCH3 is 2. The molecular weight excluding hydrogens is 475 g/mol. The molecule has 1 fully saturated rings. The minimum absolute atomic E-state index is 0.0152. The molecule has 0 aliphatic carbocycles. The van der Waals surface area contributed by atoms with Crippen LogP contribution < -0.4 is 14.4 Å². The zero-order valence-corrected chi connectivity index (χ0v) is 19.0. The number of Topliss-reactive ketones (excluding diaryl/α,β-unsaturated/α-hetero) is 1. The Balaban J connectivity index is 2.01. The Labute approximate surface area is 203 Å². The number of hydrogen-bond donors (Lipinski definition) is 2. The molecule has 0 aromatic heterocycles. The largest absolute Gasteiger partial charge is 0.507 e. The van der Waals surface area contributed by atoms with Gasteiger partial charge in [-0.05, 0) is 42.0 Å². The lowest BCUT2D eigenvalue weighted by Crippen LogP contribution is -2.29.